The third kappa shape index (κ3) is 6.89. The van der Waals surface area contributed by atoms with Gasteiger partial charge in [-0.2, -0.15) is 0 Å². The molecule has 84 valence electrons. The van der Waals surface area contributed by atoms with E-state index in [-0.39, 0.29) is 12.5 Å². The van der Waals surface area contributed by atoms with Crippen LogP contribution in [0.2, 0.25) is 0 Å². The minimum atomic E-state index is -0.789. The van der Waals surface area contributed by atoms with Gasteiger partial charge in [0, 0.05) is 6.04 Å². The fraction of sp³-hybridized carbons (Fsp3) is 0.909. The van der Waals surface area contributed by atoms with Crippen molar-refractivity contribution in [1.82, 2.24) is 0 Å². The van der Waals surface area contributed by atoms with Gasteiger partial charge in [-0.15, -0.1) is 0 Å². The van der Waals surface area contributed by atoms with Crippen molar-refractivity contribution in [2.45, 2.75) is 58.4 Å². The van der Waals surface area contributed by atoms with E-state index < -0.39 is 5.97 Å². The van der Waals surface area contributed by atoms with Crippen molar-refractivity contribution in [1.29, 1.82) is 0 Å². The molecular weight excluding hydrogens is 178 g/mol. The van der Waals surface area contributed by atoms with Gasteiger partial charge in [0.15, 0.2) is 0 Å². The van der Waals surface area contributed by atoms with Crippen LogP contribution in [0.1, 0.15) is 52.4 Å². The molecule has 0 aromatic heterocycles. The topological polar surface area (TPSA) is 63.3 Å². The molecule has 0 amide bonds. The highest BCUT2D eigenvalue weighted by molar-refractivity contribution is 5.67. The summed E-state index contributed by atoms with van der Waals surface area (Å²) in [6.07, 6.45) is 5.65. The van der Waals surface area contributed by atoms with Crippen LogP contribution in [0.15, 0.2) is 0 Å². The normalized spacial score (nSPS) is 15.1. The lowest BCUT2D eigenvalue weighted by molar-refractivity contribution is -0.137. The zero-order valence-corrected chi connectivity index (χ0v) is 9.33. The van der Waals surface area contributed by atoms with Gasteiger partial charge in [0.25, 0.3) is 0 Å². The van der Waals surface area contributed by atoms with Gasteiger partial charge in [0.2, 0.25) is 0 Å². The van der Waals surface area contributed by atoms with Crippen molar-refractivity contribution in [3.8, 4) is 0 Å². The van der Waals surface area contributed by atoms with Crippen molar-refractivity contribution < 1.29 is 9.90 Å². The molecule has 0 aromatic rings. The molecule has 3 nitrogen and oxygen atoms in total. The predicted octanol–water partition coefficient (Wildman–Crippen LogP) is 2.39. The number of carbonyl (C=O) groups is 1. The Bertz CT molecular complexity index is 159. The summed E-state index contributed by atoms with van der Waals surface area (Å²) >= 11 is 0. The molecule has 3 N–H and O–H groups in total. The molecule has 0 aliphatic rings. The van der Waals surface area contributed by atoms with Gasteiger partial charge >= 0.3 is 5.97 Å². The molecule has 0 heterocycles. The van der Waals surface area contributed by atoms with Crippen molar-refractivity contribution in [3.05, 3.63) is 0 Å². The second kappa shape index (κ2) is 7.80. The number of hydrogen-bond donors (Lipinski definition) is 2. The van der Waals surface area contributed by atoms with Crippen LogP contribution < -0.4 is 5.73 Å². The van der Waals surface area contributed by atoms with Gasteiger partial charge in [-0.3, -0.25) is 4.79 Å². The first-order valence-electron chi connectivity index (χ1n) is 5.57. The molecule has 0 spiro atoms. The lowest BCUT2D eigenvalue weighted by Crippen LogP contribution is -2.26. The SMILES string of the molecule is CCCC[C@@H](CC)C[C@H](N)CC(=O)O. The Labute approximate surface area is 86.7 Å². The first-order valence-corrected chi connectivity index (χ1v) is 5.57. The number of carboxylic acid groups (broad SMARTS) is 1. The second-order valence-corrected chi connectivity index (χ2v) is 4.01. The molecule has 3 heteroatoms. The van der Waals surface area contributed by atoms with Crippen molar-refractivity contribution in [2.24, 2.45) is 11.7 Å². The summed E-state index contributed by atoms with van der Waals surface area (Å²) in [5, 5.41) is 8.57. The van der Waals surface area contributed by atoms with Crippen LogP contribution in [-0.4, -0.2) is 17.1 Å². The molecule has 2 atom stereocenters. The number of aliphatic carboxylic acids is 1. The summed E-state index contributed by atoms with van der Waals surface area (Å²) < 4.78 is 0. The highest BCUT2D eigenvalue weighted by Crippen LogP contribution is 2.18. The lowest BCUT2D eigenvalue weighted by Gasteiger charge is -2.18. The van der Waals surface area contributed by atoms with E-state index in [4.69, 9.17) is 10.8 Å². The van der Waals surface area contributed by atoms with Crippen molar-refractivity contribution >= 4 is 5.97 Å². The summed E-state index contributed by atoms with van der Waals surface area (Å²) in [7, 11) is 0. The third-order valence-electron chi connectivity index (χ3n) is 2.62. The number of carboxylic acids is 1. The Hall–Kier alpha value is -0.570. The summed E-state index contributed by atoms with van der Waals surface area (Å²) in [4.78, 5) is 10.4. The quantitative estimate of drug-likeness (QED) is 0.633. The van der Waals surface area contributed by atoms with E-state index >= 15 is 0 Å². The van der Waals surface area contributed by atoms with E-state index in [9.17, 15) is 4.79 Å². The molecule has 0 aromatic carbocycles. The maximum Gasteiger partial charge on any atom is 0.304 e. The Balaban J connectivity index is 3.73. The Morgan fingerprint density at radius 1 is 1.43 bits per heavy atom. The monoisotopic (exact) mass is 201 g/mol. The van der Waals surface area contributed by atoms with Crippen molar-refractivity contribution in [3.63, 3.8) is 0 Å². The van der Waals surface area contributed by atoms with E-state index in [0.717, 1.165) is 12.8 Å². The second-order valence-electron chi connectivity index (χ2n) is 4.01. The molecule has 0 aliphatic heterocycles. The summed E-state index contributed by atoms with van der Waals surface area (Å²) in [6.45, 7) is 4.32. The Morgan fingerprint density at radius 2 is 2.07 bits per heavy atom. The van der Waals surface area contributed by atoms with Crippen LogP contribution in [0.3, 0.4) is 0 Å². The molecule has 0 unspecified atom stereocenters. The van der Waals surface area contributed by atoms with Gasteiger partial charge in [-0.25, -0.2) is 0 Å². The largest absolute Gasteiger partial charge is 0.481 e. The average Bonchev–Trinajstić information content (AvgIpc) is 2.10. The maximum atomic E-state index is 10.4. The molecular formula is C11H23NO2. The maximum absolute atomic E-state index is 10.4. The zero-order valence-electron chi connectivity index (χ0n) is 9.33. The molecule has 0 aliphatic carbocycles. The average molecular weight is 201 g/mol. The van der Waals surface area contributed by atoms with E-state index in [1.165, 1.54) is 19.3 Å². The Morgan fingerprint density at radius 3 is 2.50 bits per heavy atom. The van der Waals surface area contributed by atoms with Gasteiger partial charge in [0.05, 0.1) is 6.42 Å². The fourth-order valence-electron chi connectivity index (χ4n) is 1.72. The summed E-state index contributed by atoms with van der Waals surface area (Å²) in [5.41, 5.74) is 5.74. The number of rotatable bonds is 8. The molecule has 0 saturated heterocycles. The molecule has 0 radical (unpaired) electrons. The Kier molecular flexibility index (Phi) is 7.48. The zero-order chi connectivity index (χ0) is 11.0. The first kappa shape index (κ1) is 13.4. The van der Waals surface area contributed by atoms with Gasteiger partial charge in [-0.1, -0.05) is 39.5 Å². The van der Waals surface area contributed by atoms with E-state index in [2.05, 4.69) is 13.8 Å². The van der Waals surface area contributed by atoms with Gasteiger partial charge in [-0.05, 0) is 12.3 Å². The van der Waals surface area contributed by atoms with Crippen LogP contribution in [0.4, 0.5) is 0 Å². The number of hydrogen-bond acceptors (Lipinski definition) is 2. The van der Waals surface area contributed by atoms with Crippen molar-refractivity contribution in [2.75, 3.05) is 0 Å². The number of unbranched alkanes of at least 4 members (excludes halogenated alkanes) is 1. The molecule has 0 saturated carbocycles. The van der Waals surface area contributed by atoms with Gasteiger partial charge < -0.3 is 10.8 Å². The highest BCUT2D eigenvalue weighted by atomic mass is 16.4. The van der Waals surface area contributed by atoms with Crippen LogP contribution in [0.5, 0.6) is 0 Å². The standard InChI is InChI=1S/C11H23NO2/c1-3-5-6-9(4-2)7-10(12)8-11(13)14/h9-10H,3-8,12H2,1-2H3,(H,13,14)/t9-,10+/m1/s1. The van der Waals surface area contributed by atoms with E-state index in [1.54, 1.807) is 0 Å². The molecule has 0 rings (SSSR count). The number of nitrogens with two attached hydrogens (primary N) is 1. The molecule has 0 fully saturated rings. The van der Waals surface area contributed by atoms with Crippen LogP contribution >= 0.6 is 0 Å². The van der Waals surface area contributed by atoms with Crippen LogP contribution in [-0.2, 0) is 4.79 Å². The molecule has 14 heavy (non-hydrogen) atoms. The highest BCUT2D eigenvalue weighted by Gasteiger charge is 2.13. The van der Waals surface area contributed by atoms with Gasteiger partial charge in [0.1, 0.15) is 0 Å². The minimum Gasteiger partial charge on any atom is -0.481 e. The smallest absolute Gasteiger partial charge is 0.304 e. The lowest BCUT2D eigenvalue weighted by atomic mass is 9.91. The summed E-state index contributed by atoms with van der Waals surface area (Å²) in [5.74, 6) is -0.188. The van der Waals surface area contributed by atoms with Crippen LogP contribution in [0, 0.1) is 5.92 Å². The van der Waals surface area contributed by atoms with E-state index in [1.807, 2.05) is 0 Å². The van der Waals surface area contributed by atoms with Crippen LogP contribution in [0.25, 0.3) is 0 Å². The predicted molar refractivity (Wildman–Crippen MR) is 58.2 cm³/mol. The third-order valence-corrected chi connectivity index (χ3v) is 2.62. The molecule has 0 bridgehead atoms. The summed E-state index contributed by atoms with van der Waals surface area (Å²) in [6, 6.07) is -0.172. The first-order chi connectivity index (χ1) is 6.60. The van der Waals surface area contributed by atoms with E-state index in [0.29, 0.717) is 5.92 Å². The fourth-order valence-corrected chi connectivity index (χ4v) is 1.72. The minimum absolute atomic E-state index is 0.0998.